The van der Waals surface area contributed by atoms with Crippen molar-refractivity contribution in [3.63, 3.8) is 0 Å². The summed E-state index contributed by atoms with van der Waals surface area (Å²) in [5.74, 6) is 0.851. The van der Waals surface area contributed by atoms with Gasteiger partial charge in [0.25, 0.3) is 0 Å². The molecule has 1 nitrogen and oxygen atoms in total. The lowest BCUT2D eigenvalue weighted by Crippen LogP contribution is -2.11. The molecule has 4 rings (SSSR count). The summed E-state index contributed by atoms with van der Waals surface area (Å²) >= 11 is 0. The van der Waals surface area contributed by atoms with Gasteiger partial charge in [0.2, 0.25) is 0 Å². The third-order valence-electron chi connectivity index (χ3n) is 5.92. The Morgan fingerprint density at radius 3 is 2.32 bits per heavy atom. The summed E-state index contributed by atoms with van der Waals surface area (Å²) in [6.45, 7) is 4.36. The zero-order valence-corrected chi connectivity index (χ0v) is 16.9. The van der Waals surface area contributed by atoms with Crippen LogP contribution in [0.25, 0.3) is 0 Å². The van der Waals surface area contributed by atoms with Crippen LogP contribution in [0.5, 0.6) is 0 Å². The Balaban J connectivity index is 1.79. The molecule has 28 heavy (non-hydrogen) atoms. The van der Waals surface area contributed by atoms with Gasteiger partial charge in [0.1, 0.15) is 0 Å². The molecule has 0 saturated carbocycles. The molecule has 1 heteroatoms. The van der Waals surface area contributed by atoms with Gasteiger partial charge in [-0.25, -0.2) is 0 Å². The number of rotatable bonds is 6. The molecule has 0 fully saturated rings. The monoisotopic (exact) mass is 367 g/mol. The number of hydrogen-bond donors (Lipinski definition) is 1. The molecule has 0 spiro atoms. The standard InChI is InChI=1S/C27H29N/c1-3-12-22(4-2)28-26-18-11-10-17-24(26)27-23-16-9-8-15-21(23)19-25(27)20-13-6-5-7-14-20/h4-11,13-18,25,27-28H,3,12,19H2,1-2H3. The minimum absolute atomic E-state index is 0.377. The van der Waals surface area contributed by atoms with Gasteiger partial charge in [0, 0.05) is 17.3 Å². The Morgan fingerprint density at radius 2 is 1.57 bits per heavy atom. The lowest BCUT2D eigenvalue weighted by atomic mass is 9.81. The van der Waals surface area contributed by atoms with Crippen molar-refractivity contribution in [1.82, 2.24) is 0 Å². The van der Waals surface area contributed by atoms with Crippen molar-refractivity contribution in [2.75, 3.05) is 5.32 Å². The number of hydrogen-bond acceptors (Lipinski definition) is 1. The van der Waals surface area contributed by atoms with E-state index in [0.29, 0.717) is 11.8 Å². The first-order chi connectivity index (χ1) is 13.8. The van der Waals surface area contributed by atoms with Gasteiger partial charge >= 0.3 is 0 Å². The van der Waals surface area contributed by atoms with Gasteiger partial charge in [-0.15, -0.1) is 0 Å². The highest BCUT2D eigenvalue weighted by atomic mass is 14.9. The molecule has 0 aliphatic heterocycles. The van der Waals surface area contributed by atoms with E-state index in [0.717, 1.165) is 19.3 Å². The molecule has 0 bridgehead atoms. The van der Waals surface area contributed by atoms with Gasteiger partial charge < -0.3 is 5.32 Å². The Labute approximate surface area is 169 Å². The molecule has 0 radical (unpaired) electrons. The second-order valence-corrected chi connectivity index (χ2v) is 7.67. The van der Waals surface area contributed by atoms with E-state index in [-0.39, 0.29) is 0 Å². The van der Waals surface area contributed by atoms with Gasteiger partial charge in [-0.2, -0.15) is 0 Å². The van der Waals surface area contributed by atoms with Crippen LogP contribution >= 0.6 is 0 Å². The van der Waals surface area contributed by atoms with Crippen LogP contribution in [-0.2, 0) is 6.42 Å². The molecule has 3 aromatic rings. The van der Waals surface area contributed by atoms with E-state index in [1.54, 1.807) is 0 Å². The fourth-order valence-electron chi connectivity index (χ4n) is 4.59. The van der Waals surface area contributed by atoms with Crippen molar-refractivity contribution >= 4 is 5.69 Å². The van der Waals surface area contributed by atoms with E-state index in [1.807, 2.05) is 0 Å². The van der Waals surface area contributed by atoms with Crippen molar-refractivity contribution in [1.29, 1.82) is 0 Å². The summed E-state index contributed by atoms with van der Waals surface area (Å²) in [4.78, 5) is 0. The molecule has 2 unspecified atom stereocenters. The third-order valence-corrected chi connectivity index (χ3v) is 5.92. The Kier molecular flexibility index (Phi) is 5.62. The van der Waals surface area contributed by atoms with Crippen LogP contribution in [0.15, 0.2) is 90.6 Å². The molecular weight excluding hydrogens is 338 g/mol. The molecule has 2 atom stereocenters. The van der Waals surface area contributed by atoms with Crippen LogP contribution in [0.2, 0.25) is 0 Å². The van der Waals surface area contributed by atoms with Crippen molar-refractivity contribution in [3.8, 4) is 0 Å². The van der Waals surface area contributed by atoms with Crippen LogP contribution in [0.3, 0.4) is 0 Å². The second-order valence-electron chi connectivity index (χ2n) is 7.67. The minimum Gasteiger partial charge on any atom is -0.359 e. The van der Waals surface area contributed by atoms with Gasteiger partial charge in [-0.05, 0) is 54.0 Å². The molecule has 3 aromatic carbocycles. The van der Waals surface area contributed by atoms with Gasteiger partial charge in [-0.1, -0.05) is 92.2 Å². The number of para-hydroxylation sites is 1. The number of fused-ring (bicyclic) bond motifs is 1. The molecule has 1 aliphatic carbocycles. The highest BCUT2D eigenvalue weighted by Gasteiger charge is 2.35. The highest BCUT2D eigenvalue weighted by molar-refractivity contribution is 5.61. The first-order valence-corrected chi connectivity index (χ1v) is 10.5. The van der Waals surface area contributed by atoms with Gasteiger partial charge in [-0.3, -0.25) is 0 Å². The fourth-order valence-corrected chi connectivity index (χ4v) is 4.59. The minimum atomic E-state index is 0.377. The lowest BCUT2D eigenvalue weighted by molar-refractivity contribution is 0.657. The summed E-state index contributed by atoms with van der Waals surface area (Å²) in [5, 5.41) is 3.74. The summed E-state index contributed by atoms with van der Waals surface area (Å²) in [6.07, 6.45) is 5.53. The first-order valence-electron chi connectivity index (χ1n) is 10.5. The maximum Gasteiger partial charge on any atom is 0.0420 e. The molecule has 0 amide bonds. The molecule has 0 heterocycles. The van der Waals surface area contributed by atoms with E-state index in [1.165, 1.54) is 33.6 Å². The average molecular weight is 368 g/mol. The number of allylic oxidation sites excluding steroid dienone is 2. The third kappa shape index (κ3) is 3.62. The van der Waals surface area contributed by atoms with Crippen molar-refractivity contribution in [3.05, 3.63) is 113 Å². The highest BCUT2D eigenvalue weighted by Crippen LogP contribution is 2.49. The predicted octanol–water partition coefficient (Wildman–Crippen LogP) is 7.27. The van der Waals surface area contributed by atoms with E-state index < -0.39 is 0 Å². The second kappa shape index (κ2) is 8.48. The largest absolute Gasteiger partial charge is 0.359 e. The van der Waals surface area contributed by atoms with E-state index in [4.69, 9.17) is 0 Å². The molecule has 0 saturated heterocycles. The topological polar surface area (TPSA) is 12.0 Å². The van der Waals surface area contributed by atoms with Gasteiger partial charge in [0.15, 0.2) is 0 Å². The van der Waals surface area contributed by atoms with Crippen LogP contribution in [-0.4, -0.2) is 0 Å². The van der Waals surface area contributed by atoms with Crippen molar-refractivity contribution in [2.45, 2.75) is 44.9 Å². The SMILES string of the molecule is CC=C(CCC)Nc1ccccc1C1c2ccccc2CC1c1ccccc1. The van der Waals surface area contributed by atoms with Crippen LogP contribution in [0.1, 0.15) is 60.8 Å². The zero-order valence-electron chi connectivity index (χ0n) is 16.9. The first kappa shape index (κ1) is 18.6. The Morgan fingerprint density at radius 1 is 0.893 bits per heavy atom. The van der Waals surface area contributed by atoms with Crippen molar-refractivity contribution < 1.29 is 0 Å². The van der Waals surface area contributed by atoms with E-state index in [9.17, 15) is 0 Å². The van der Waals surface area contributed by atoms with Crippen LogP contribution in [0.4, 0.5) is 5.69 Å². The Hall–Kier alpha value is -2.80. The quantitative estimate of drug-likeness (QED) is 0.483. The summed E-state index contributed by atoms with van der Waals surface area (Å²) in [5.41, 5.74) is 8.33. The number of anilines is 1. The zero-order chi connectivity index (χ0) is 19.3. The maximum atomic E-state index is 3.74. The molecule has 1 N–H and O–H groups in total. The molecule has 0 aromatic heterocycles. The molecule has 142 valence electrons. The number of benzene rings is 3. The van der Waals surface area contributed by atoms with E-state index >= 15 is 0 Å². The predicted molar refractivity (Wildman–Crippen MR) is 120 cm³/mol. The fraction of sp³-hybridized carbons (Fsp3) is 0.259. The van der Waals surface area contributed by atoms with Crippen LogP contribution < -0.4 is 5.32 Å². The summed E-state index contributed by atoms with van der Waals surface area (Å²) in [7, 11) is 0. The molecular formula is C27H29N. The molecule has 1 aliphatic rings. The maximum absolute atomic E-state index is 3.74. The van der Waals surface area contributed by atoms with Crippen LogP contribution in [0, 0.1) is 0 Å². The van der Waals surface area contributed by atoms with Gasteiger partial charge in [0.05, 0.1) is 0 Å². The smallest absolute Gasteiger partial charge is 0.0420 e. The normalized spacial score (nSPS) is 18.7. The number of nitrogens with one attached hydrogen (secondary N) is 1. The lowest BCUT2D eigenvalue weighted by Gasteiger charge is -2.25. The average Bonchev–Trinajstić information content (AvgIpc) is 3.14. The summed E-state index contributed by atoms with van der Waals surface area (Å²) < 4.78 is 0. The van der Waals surface area contributed by atoms with Crippen molar-refractivity contribution in [2.24, 2.45) is 0 Å². The Bertz CT molecular complexity index is 955. The summed E-state index contributed by atoms with van der Waals surface area (Å²) in [6, 6.07) is 28.9. The van der Waals surface area contributed by atoms with E-state index in [2.05, 4.69) is 104 Å².